The summed E-state index contributed by atoms with van der Waals surface area (Å²) in [6.45, 7) is 3.57. The second-order valence-corrected chi connectivity index (χ2v) is 3.38. The molecule has 1 atom stereocenters. The van der Waals surface area contributed by atoms with Crippen LogP contribution in [0.1, 0.15) is 32.6 Å². The van der Waals surface area contributed by atoms with E-state index >= 15 is 0 Å². The molecule has 0 radical (unpaired) electrons. The second-order valence-electron chi connectivity index (χ2n) is 3.38. The van der Waals surface area contributed by atoms with Gasteiger partial charge in [-0.25, -0.2) is 0 Å². The SMILES string of the molecule is CCC(CCCC=O)C1OCCO1. The molecule has 1 fully saturated rings. The van der Waals surface area contributed by atoms with Crippen molar-refractivity contribution in [1.29, 1.82) is 0 Å². The summed E-state index contributed by atoms with van der Waals surface area (Å²) < 4.78 is 10.9. The number of carbonyl (C=O) groups is 1. The van der Waals surface area contributed by atoms with Crippen LogP contribution in [0.2, 0.25) is 0 Å². The molecule has 1 unspecified atom stereocenters. The maximum atomic E-state index is 10.1. The van der Waals surface area contributed by atoms with Crippen LogP contribution >= 0.6 is 0 Å². The summed E-state index contributed by atoms with van der Waals surface area (Å²) in [5.41, 5.74) is 0. The van der Waals surface area contributed by atoms with Crippen molar-refractivity contribution in [2.24, 2.45) is 5.92 Å². The third kappa shape index (κ3) is 3.44. The van der Waals surface area contributed by atoms with Crippen LogP contribution in [0.15, 0.2) is 0 Å². The summed E-state index contributed by atoms with van der Waals surface area (Å²) in [4.78, 5) is 10.1. The smallest absolute Gasteiger partial charge is 0.160 e. The van der Waals surface area contributed by atoms with E-state index in [2.05, 4.69) is 6.92 Å². The molecule has 3 heteroatoms. The predicted octanol–water partition coefficient (Wildman–Crippen LogP) is 1.75. The first-order chi connectivity index (χ1) is 6.38. The lowest BCUT2D eigenvalue weighted by Gasteiger charge is -2.19. The minimum atomic E-state index is -0.0170. The Hall–Kier alpha value is -0.410. The van der Waals surface area contributed by atoms with Crippen molar-refractivity contribution in [2.75, 3.05) is 13.2 Å². The molecule has 0 amide bonds. The molecule has 0 saturated carbocycles. The van der Waals surface area contributed by atoms with Gasteiger partial charge in [0, 0.05) is 12.3 Å². The van der Waals surface area contributed by atoms with E-state index in [1.165, 1.54) is 0 Å². The van der Waals surface area contributed by atoms with Crippen LogP contribution in [0, 0.1) is 5.92 Å². The van der Waals surface area contributed by atoms with Crippen LogP contribution < -0.4 is 0 Å². The van der Waals surface area contributed by atoms with Crippen LogP contribution in [-0.2, 0) is 14.3 Å². The number of rotatable bonds is 6. The molecule has 1 aliphatic heterocycles. The Labute approximate surface area is 79.4 Å². The fraction of sp³-hybridized carbons (Fsp3) is 0.900. The number of carbonyl (C=O) groups excluding carboxylic acids is 1. The standard InChI is InChI=1S/C10H18O3/c1-2-9(5-3-4-6-11)10-12-7-8-13-10/h6,9-10H,2-5,7-8H2,1H3. The highest BCUT2D eigenvalue weighted by molar-refractivity contribution is 5.48. The van der Waals surface area contributed by atoms with Gasteiger partial charge in [-0.1, -0.05) is 6.92 Å². The van der Waals surface area contributed by atoms with E-state index in [1.54, 1.807) is 0 Å². The number of hydrogen-bond acceptors (Lipinski definition) is 3. The Morgan fingerprint density at radius 1 is 1.46 bits per heavy atom. The van der Waals surface area contributed by atoms with Gasteiger partial charge in [0.05, 0.1) is 13.2 Å². The number of aldehydes is 1. The van der Waals surface area contributed by atoms with Gasteiger partial charge < -0.3 is 14.3 Å². The highest BCUT2D eigenvalue weighted by atomic mass is 16.7. The van der Waals surface area contributed by atoms with Crippen LogP contribution in [0.4, 0.5) is 0 Å². The fourth-order valence-electron chi connectivity index (χ4n) is 1.64. The molecular formula is C10H18O3. The lowest BCUT2D eigenvalue weighted by Crippen LogP contribution is -2.20. The van der Waals surface area contributed by atoms with Gasteiger partial charge in [0.1, 0.15) is 6.29 Å². The predicted molar refractivity (Wildman–Crippen MR) is 49.4 cm³/mol. The molecule has 1 heterocycles. The van der Waals surface area contributed by atoms with E-state index in [0.29, 0.717) is 12.3 Å². The zero-order chi connectivity index (χ0) is 9.52. The van der Waals surface area contributed by atoms with Crippen LogP contribution in [0.3, 0.4) is 0 Å². The Bertz CT molecular complexity index is 141. The lowest BCUT2D eigenvalue weighted by molar-refractivity contribution is -0.108. The van der Waals surface area contributed by atoms with E-state index in [9.17, 15) is 4.79 Å². The summed E-state index contributed by atoms with van der Waals surface area (Å²) >= 11 is 0. The van der Waals surface area contributed by atoms with Crippen molar-refractivity contribution >= 4 is 6.29 Å². The van der Waals surface area contributed by atoms with Gasteiger partial charge in [0.2, 0.25) is 0 Å². The van der Waals surface area contributed by atoms with Crippen molar-refractivity contribution < 1.29 is 14.3 Å². The van der Waals surface area contributed by atoms with E-state index in [1.807, 2.05) is 0 Å². The van der Waals surface area contributed by atoms with E-state index < -0.39 is 0 Å². The van der Waals surface area contributed by atoms with Gasteiger partial charge in [-0.15, -0.1) is 0 Å². The summed E-state index contributed by atoms with van der Waals surface area (Å²) in [5.74, 6) is 0.461. The Kier molecular flexibility index (Phi) is 5.01. The molecule has 0 aromatic carbocycles. The maximum absolute atomic E-state index is 10.1. The molecule has 1 aliphatic rings. The normalized spacial score (nSPS) is 20.4. The summed E-state index contributed by atoms with van der Waals surface area (Å²) in [6, 6.07) is 0. The molecule has 0 spiro atoms. The fourth-order valence-corrected chi connectivity index (χ4v) is 1.64. The topological polar surface area (TPSA) is 35.5 Å². The molecule has 1 saturated heterocycles. The first-order valence-corrected chi connectivity index (χ1v) is 5.05. The minimum absolute atomic E-state index is 0.0170. The van der Waals surface area contributed by atoms with Gasteiger partial charge >= 0.3 is 0 Å². The maximum Gasteiger partial charge on any atom is 0.160 e. The quantitative estimate of drug-likeness (QED) is 0.468. The molecule has 0 aliphatic carbocycles. The largest absolute Gasteiger partial charge is 0.350 e. The molecule has 0 bridgehead atoms. The van der Waals surface area contributed by atoms with Crippen molar-refractivity contribution in [3.05, 3.63) is 0 Å². The van der Waals surface area contributed by atoms with Crippen molar-refractivity contribution in [2.45, 2.75) is 38.9 Å². The lowest BCUT2D eigenvalue weighted by atomic mass is 9.99. The third-order valence-electron chi connectivity index (χ3n) is 2.45. The van der Waals surface area contributed by atoms with Gasteiger partial charge in [-0.3, -0.25) is 0 Å². The third-order valence-corrected chi connectivity index (χ3v) is 2.45. The highest BCUT2D eigenvalue weighted by Crippen LogP contribution is 2.22. The van der Waals surface area contributed by atoms with Crippen LogP contribution in [0.5, 0.6) is 0 Å². The zero-order valence-electron chi connectivity index (χ0n) is 8.20. The number of hydrogen-bond donors (Lipinski definition) is 0. The van der Waals surface area contributed by atoms with Crippen LogP contribution in [-0.4, -0.2) is 25.8 Å². The van der Waals surface area contributed by atoms with E-state index in [-0.39, 0.29) is 6.29 Å². The van der Waals surface area contributed by atoms with Gasteiger partial charge in [0.15, 0.2) is 6.29 Å². The molecule has 13 heavy (non-hydrogen) atoms. The first kappa shape index (κ1) is 10.7. The van der Waals surface area contributed by atoms with Crippen molar-refractivity contribution in [3.63, 3.8) is 0 Å². The molecule has 0 N–H and O–H groups in total. The van der Waals surface area contributed by atoms with Gasteiger partial charge in [-0.05, 0) is 19.3 Å². The Balaban J connectivity index is 2.20. The van der Waals surface area contributed by atoms with E-state index in [4.69, 9.17) is 9.47 Å². The highest BCUT2D eigenvalue weighted by Gasteiger charge is 2.24. The molecule has 1 rings (SSSR count). The van der Waals surface area contributed by atoms with Crippen LogP contribution in [0.25, 0.3) is 0 Å². The number of unbranched alkanes of at least 4 members (excludes halogenated alkanes) is 1. The number of ether oxygens (including phenoxy) is 2. The summed E-state index contributed by atoms with van der Waals surface area (Å²) in [7, 11) is 0. The van der Waals surface area contributed by atoms with Gasteiger partial charge in [0.25, 0.3) is 0 Å². The molecule has 76 valence electrons. The minimum Gasteiger partial charge on any atom is -0.350 e. The first-order valence-electron chi connectivity index (χ1n) is 5.05. The Morgan fingerprint density at radius 3 is 2.69 bits per heavy atom. The molecular weight excluding hydrogens is 168 g/mol. The summed E-state index contributed by atoms with van der Waals surface area (Å²) in [5, 5.41) is 0. The monoisotopic (exact) mass is 186 g/mol. The van der Waals surface area contributed by atoms with Crippen molar-refractivity contribution in [3.8, 4) is 0 Å². The van der Waals surface area contributed by atoms with E-state index in [0.717, 1.165) is 38.8 Å². The molecule has 3 nitrogen and oxygen atoms in total. The second kappa shape index (κ2) is 6.11. The molecule has 0 aromatic rings. The molecule has 0 aromatic heterocycles. The zero-order valence-corrected chi connectivity index (χ0v) is 8.20. The average Bonchev–Trinajstić information content (AvgIpc) is 2.65. The van der Waals surface area contributed by atoms with Gasteiger partial charge in [-0.2, -0.15) is 0 Å². The Morgan fingerprint density at radius 2 is 2.15 bits per heavy atom. The summed E-state index contributed by atoms with van der Waals surface area (Å²) in [6.07, 6.45) is 4.65. The van der Waals surface area contributed by atoms with Crippen molar-refractivity contribution in [1.82, 2.24) is 0 Å². The average molecular weight is 186 g/mol.